The fraction of sp³-hybridized carbons (Fsp3) is 0. The van der Waals surface area contributed by atoms with Gasteiger partial charge in [-0.2, -0.15) is 0 Å². The SMILES string of the molecule is [2H]c1c([2H])c(-c2ccc3ccccc3c2)c([2H])c(N(c2c([2H])c([2H])c(-c3cc(-c4ccccc4)cc(-c4ccccc4)c3)c([2H])c2[2H])c2cccc3ccccc23)c1[2H]. The van der Waals surface area contributed by atoms with Gasteiger partial charge >= 0.3 is 0 Å². The van der Waals surface area contributed by atoms with Crippen molar-refractivity contribution in [2.24, 2.45) is 0 Å². The molecule has 9 rings (SSSR count). The summed E-state index contributed by atoms with van der Waals surface area (Å²) in [6, 6.07) is 48.8. The molecule has 1 heteroatoms. The van der Waals surface area contributed by atoms with Crippen molar-refractivity contribution >= 4 is 38.6 Å². The highest BCUT2D eigenvalue weighted by Crippen LogP contribution is 2.41. The Morgan fingerprint density at radius 2 is 0.922 bits per heavy atom. The van der Waals surface area contributed by atoms with Crippen LogP contribution in [0.25, 0.3) is 66.1 Å². The molecule has 0 fully saturated rings. The van der Waals surface area contributed by atoms with E-state index < -0.39 is 12.1 Å². The van der Waals surface area contributed by atoms with Crippen LogP contribution >= 0.6 is 0 Å². The van der Waals surface area contributed by atoms with E-state index in [1.54, 1.807) is 18.2 Å². The summed E-state index contributed by atoms with van der Waals surface area (Å²) in [6.45, 7) is 0. The Hall–Kier alpha value is -6.70. The first-order chi connectivity index (χ1) is 28.6. The second-order valence-electron chi connectivity index (χ2n) is 12.4. The highest BCUT2D eigenvalue weighted by atomic mass is 15.1. The van der Waals surface area contributed by atoms with Crippen LogP contribution in [-0.4, -0.2) is 0 Å². The van der Waals surface area contributed by atoms with Crippen molar-refractivity contribution in [2.45, 2.75) is 0 Å². The van der Waals surface area contributed by atoms with Gasteiger partial charge in [-0.1, -0.05) is 158 Å². The lowest BCUT2D eigenvalue weighted by Crippen LogP contribution is -2.10. The fourth-order valence-electron chi connectivity index (χ4n) is 6.62. The summed E-state index contributed by atoms with van der Waals surface area (Å²) >= 11 is 0. The Labute approximate surface area is 310 Å². The maximum Gasteiger partial charge on any atom is 0.0651 e. The third-order valence-electron chi connectivity index (χ3n) is 9.15. The number of hydrogen-bond donors (Lipinski definition) is 0. The Balaban J connectivity index is 1.33. The third-order valence-corrected chi connectivity index (χ3v) is 9.15. The molecule has 0 aliphatic carbocycles. The van der Waals surface area contributed by atoms with Gasteiger partial charge in [0.05, 0.1) is 16.7 Å². The van der Waals surface area contributed by atoms with Gasteiger partial charge in [0.15, 0.2) is 0 Å². The van der Waals surface area contributed by atoms with Crippen LogP contribution in [0.1, 0.15) is 11.0 Å². The molecule has 0 heterocycles. The van der Waals surface area contributed by atoms with Crippen LogP contribution in [0.15, 0.2) is 212 Å². The molecule has 0 amide bonds. The first kappa shape index (κ1) is 22.8. The van der Waals surface area contributed by atoms with Crippen molar-refractivity contribution in [3.63, 3.8) is 0 Å². The smallest absolute Gasteiger partial charge is 0.0651 e. The van der Waals surface area contributed by atoms with E-state index >= 15 is 0 Å². The summed E-state index contributed by atoms with van der Waals surface area (Å²) in [6.07, 6.45) is 0. The van der Waals surface area contributed by atoms with E-state index in [1.807, 2.05) is 146 Å². The Kier molecular flexibility index (Phi) is 5.96. The monoisotopic (exact) mass is 657 g/mol. The van der Waals surface area contributed by atoms with Crippen LogP contribution < -0.4 is 4.90 Å². The molecule has 0 bridgehead atoms. The maximum atomic E-state index is 9.76. The first-order valence-corrected chi connectivity index (χ1v) is 16.9. The van der Waals surface area contributed by atoms with Crippen LogP contribution in [0.3, 0.4) is 0 Å². The Morgan fingerprint density at radius 1 is 0.333 bits per heavy atom. The lowest BCUT2D eigenvalue weighted by molar-refractivity contribution is 1.30. The van der Waals surface area contributed by atoms with Gasteiger partial charge in [-0.05, 0) is 115 Å². The molecular weight excluding hydrogens is 615 g/mol. The van der Waals surface area contributed by atoms with E-state index in [0.29, 0.717) is 22.2 Å². The zero-order valence-corrected chi connectivity index (χ0v) is 27.5. The summed E-state index contributed by atoms with van der Waals surface area (Å²) in [5.41, 5.74) is 4.88. The summed E-state index contributed by atoms with van der Waals surface area (Å²) in [7, 11) is 0. The van der Waals surface area contributed by atoms with E-state index in [4.69, 9.17) is 2.74 Å². The predicted molar refractivity (Wildman–Crippen MR) is 218 cm³/mol. The Morgan fingerprint density at radius 3 is 1.63 bits per heavy atom. The van der Waals surface area contributed by atoms with Gasteiger partial charge in [-0.15, -0.1) is 0 Å². The molecular formula is C50H35N. The molecule has 0 aromatic heterocycles. The van der Waals surface area contributed by atoms with E-state index in [2.05, 4.69) is 0 Å². The molecule has 9 aromatic rings. The average Bonchev–Trinajstić information content (AvgIpc) is 3.27. The summed E-state index contributed by atoms with van der Waals surface area (Å²) in [4.78, 5) is 1.43. The van der Waals surface area contributed by atoms with Gasteiger partial charge in [0.1, 0.15) is 0 Å². The Bertz CT molecular complexity index is 3000. The summed E-state index contributed by atoms with van der Waals surface area (Å²) in [5, 5.41) is 3.32. The number of anilines is 3. The lowest BCUT2D eigenvalue weighted by atomic mass is 9.93. The number of benzene rings is 9. The molecule has 0 N–H and O–H groups in total. The van der Waals surface area contributed by atoms with Crippen molar-refractivity contribution in [3.05, 3.63) is 212 Å². The molecule has 9 aromatic carbocycles. The molecule has 240 valence electrons. The minimum Gasteiger partial charge on any atom is -0.310 e. The molecule has 0 saturated heterocycles. The zero-order valence-electron chi connectivity index (χ0n) is 35.5. The second-order valence-corrected chi connectivity index (χ2v) is 12.4. The number of rotatable bonds is 7. The molecule has 0 atom stereocenters. The van der Waals surface area contributed by atoms with E-state index in [0.717, 1.165) is 38.4 Å². The molecule has 0 unspecified atom stereocenters. The van der Waals surface area contributed by atoms with Crippen LogP contribution in [0.2, 0.25) is 0 Å². The minimum atomic E-state index is -0.443. The van der Waals surface area contributed by atoms with Crippen molar-refractivity contribution in [2.75, 3.05) is 4.90 Å². The van der Waals surface area contributed by atoms with Gasteiger partial charge in [0, 0.05) is 16.8 Å². The summed E-state index contributed by atoms with van der Waals surface area (Å²) < 4.78 is 75.9. The fourth-order valence-corrected chi connectivity index (χ4v) is 6.62. The maximum absolute atomic E-state index is 9.76. The van der Waals surface area contributed by atoms with Gasteiger partial charge < -0.3 is 4.90 Å². The van der Waals surface area contributed by atoms with Crippen molar-refractivity contribution < 1.29 is 11.0 Å². The second kappa shape index (κ2) is 13.3. The standard InChI is InChI=1S/C50H35N/c1-3-13-36(14-4-1)44-32-45(37-15-5-2-6-16-37)34-46(33-44)39-27-29-47(30-28-39)51(50-24-12-20-40-18-9-10-23-49(40)50)48-22-11-21-42(35-48)43-26-25-38-17-7-8-19-41(38)31-43/h1-35H/i11D,21D,22D,27D,28D,29D,30D,35D. The minimum absolute atomic E-state index is 0.105. The largest absolute Gasteiger partial charge is 0.310 e. The average molecular weight is 658 g/mol. The van der Waals surface area contributed by atoms with Gasteiger partial charge in [0.2, 0.25) is 0 Å². The summed E-state index contributed by atoms with van der Waals surface area (Å²) in [5.74, 6) is 0. The molecule has 0 aliphatic rings. The van der Waals surface area contributed by atoms with Gasteiger partial charge in [0.25, 0.3) is 0 Å². The molecule has 0 radical (unpaired) electrons. The number of nitrogens with zero attached hydrogens (tertiary/aromatic N) is 1. The molecule has 0 spiro atoms. The van der Waals surface area contributed by atoms with E-state index in [9.17, 15) is 8.22 Å². The van der Waals surface area contributed by atoms with Crippen molar-refractivity contribution in [1.82, 2.24) is 0 Å². The van der Waals surface area contributed by atoms with Crippen molar-refractivity contribution in [3.8, 4) is 44.5 Å². The quantitative estimate of drug-likeness (QED) is 0.165. The lowest BCUT2D eigenvalue weighted by Gasteiger charge is -2.27. The van der Waals surface area contributed by atoms with Gasteiger partial charge in [-0.25, -0.2) is 0 Å². The highest BCUT2D eigenvalue weighted by molar-refractivity contribution is 5.99. The van der Waals surface area contributed by atoms with Crippen LogP contribution in [-0.2, 0) is 0 Å². The normalized spacial score (nSPS) is 13.3. The molecule has 0 aliphatic heterocycles. The van der Waals surface area contributed by atoms with Crippen LogP contribution in [0.5, 0.6) is 0 Å². The first-order valence-electron chi connectivity index (χ1n) is 20.9. The third kappa shape index (κ3) is 6.07. The molecule has 51 heavy (non-hydrogen) atoms. The highest BCUT2D eigenvalue weighted by Gasteiger charge is 2.17. The van der Waals surface area contributed by atoms with Crippen molar-refractivity contribution in [1.29, 1.82) is 0 Å². The van der Waals surface area contributed by atoms with E-state index in [1.165, 1.54) is 4.90 Å². The molecule has 1 nitrogen and oxygen atoms in total. The van der Waals surface area contributed by atoms with E-state index in [-0.39, 0.29) is 58.8 Å². The zero-order chi connectivity index (χ0) is 40.9. The molecule has 0 saturated carbocycles. The van der Waals surface area contributed by atoms with Crippen LogP contribution in [0.4, 0.5) is 17.1 Å². The number of hydrogen-bond acceptors (Lipinski definition) is 1. The topological polar surface area (TPSA) is 3.24 Å². The van der Waals surface area contributed by atoms with Crippen LogP contribution in [0, 0.1) is 0 Å². The predicted octanol–water partition coefficient (Wildman–Crippen LogP) is 14.1. The number of fused-ring (bicyclic) bond motifs is 2. The van der Waals surface area contributed by atoms with Gasteiger partial charge in [-0.3, -0.25) is 0 Å².